The molecular formula is C17H21ClFN3O6S. The zero-order valence-electron chi connectivity index (χ0n) is 15.3. The Hall–Kier alpha value is -1.95. The van der Waals surface area contributed by atoms with Crippen LogP contribution in [-0.4, -0.2) is 44.5 Å². The summed E-state index contributed by atoms with van der Waals surface area (Å²) >= 11 is 5.61. The molecule has 0 radical (unpaired) electrons. The highest BCUT2D eigenvalue weighted by Crippen LogP contribution is 2.48. The molecule has 2 bridgehead atoms. The molecule has 1 unspecified atom stereocenters. The molecule has 3 fully saturated rings. The Labute approximate surface area is 172 Å². The van der Waals surface area contributed by atoms with Gasteiger partial charge in [0.15, 0.2) is 6.61 Å². The van der Waals surface area contributed by atoms with Crippen LogP contribution in [0.5, 0.6) is 5.75 Å². The summed E-state index contributed by atoms with van der Waals surface area (Å²) in [6.07, 6.45) is 1.67. The third-order valence-electron chi connectivity index (χ3n) is 5.56. The molecule has 12 heteroatoms. The van der Waals surface area contributed by atoms with Crippen molar-refractivity contribution >= 4 is 34.2 Å². The van der Waals surface area contributed by atoms with Crippen LogP contribution in [0.2, 0.25) is 5.02 Å². The Morgan fingerprint density at radius 1 is 1.34 bits per heavy atom. The van der Waals surface area contributed by atoms with E-state index in [0.29, 0.717) is 32.1 Å². The molecule has 0 saturated heterocycles. The lowest BCUT2D eigenvalue weighted by molar-refractivity contribution is -0.132. The number of halogens is 2. The van der Waals surface area contributed by atoms with Gasteiger partial charge >= 0.3 is 10.3 Å². The average Bonchev–Trinajstić information content (AvgIpc) is 2.63. The number of hydrogen-bond acceptors (Lipinski definition) is 6. The molecule has 1 aromatic rings. The van der Waals surface area contributed by atoms with Crippen molar-refractivity contribution in [1.82, 2.24) is 10.6 Å². The number of carbonyl (C=O) groups is 2. The lowest BCUT2D eigenvalue weighted by Gasteiger charge is -2.56. The van der Waals surface area contributed by atoms with Crippen molar-refractivity contribution in [3.05, 3.63) is 29.0 Å². The van der Waals surface area contributed by atoms with Crippen LogP contribution in [-0.2, 0) is 24.1 Å². The zero-order chi connectivity index (χ0) is 21.3. The van der Waals surface area contributed by atoms with Crippen LogP contribution in [0.3, 0.4) is 0 Å². The molecule has 0 heterocycles. The standard InChI is InChI=1S/C17H21ClFN3O6S/c18-12-2-1-11(7-13(12)19)27-9-15(24)22-17-5-3-16(4-6-17,21-10-23)8-14(17)28-29(20,25)26/h1-2,7,10,14H,3-6,8-9H2,(H,21,23)(H,22,24)(H2,20,25,26). The smallest absolute Gasteiger partial charge is 0.333 e. The van der Waals surface area contributed by atoms with Crippen LogP contribution in [0.15, 0.2) is 18.2 Å². The molecule has 3 aliphatic rings. The number of benzene rings is 1. The Bertz CT molecular complexity index is 904. The van der Waals surface area contributed by atoms with E-state index in [2.05, 4.69) is 10.6 Å². The summed E-state index contributed by atoms with van der Waals surface area (Å²) in [6.45, 7) is -0.414. The SMILES string of the molecule is NS(=O)(=O)OC1CC2(NC=O)CCC1(NC(=O)COc1ccc(Cl)c(F)c1)CC2. The summed E-state index contributed by atoms with van der Waals surface area (Å²) in [5.41, 5.74) is -1.56. The second-order valence-electron chi connectivity index (χ2n) is 7.39. The molecule has 4 rings (SSSR count). The first-order chi connectivity index (χ1) is 13.6. The summed E-state index contributed by atoms with van der Waals surface area (Å²) in [5.74, 6) is -1.08. The van der Waals surface area contributed by atoms with Crippen LogP contribution in [0.4, 0.5) is 4.39 Å². The van der Waals surface area contributed by atoms with Gasteiger partial charge in [-0.25, -0.2) is 9.53 Å². The van der Waals surface area contributed by atoms with Crippen molar-refractivity contribution in [2.75, 3.05) is 6.61 Å². The first-order valence-corrected chi connectivity index (χ1v) is 10.7. The highest BCUT2D eigenvalue weighted by molar-refractivity contribution is 7.84. The summed E-state index contributed by atoms with van der Waals surface area (Å²) in [7, 11) is -4.28. The Balaban J connectivity index is 1.70. The topological polar surface area (TPSA) is 137 Å². The molecule has 3 saturated carbocycles. The second kappa shape index (κ2) is 8.05. The van der Waals surface area contributed by atoms with E-state index >= 15 is 0 Å². The van der Waals surface area contributed by atoms with Crippen LogP contribution in [0.1, 0.15) is 32.1 Å². The van der Waals surface area contributed by atoms with Crippen molar-refractivity contribution in [2.45, 2.75) is 49.3 Å². The van der Waals surface area contributed by atoms with Gasteiger partial charge in [-0.15, -0.1) is 0 Å². The summed E-state index contributed by atoms with van der Waals surface area (Å²) < 4.78 is 46.9. The third kappa shape index (κ3) is 4.97. The van der Waals surface area contributed by atoms with Gasteiger partial charge in [0.1, 0.15) is 17.7 Å². The van der Waals surface area contributed by atoms with E-state index < -0.39 is 45.8 Å². The first kappa shape index (κ1) is 21.8. The van der Waals surface area contributed by atoms with E-state index in [-0.39, 0.29) is 17.2 Å². The quantitative estimate of drug-likeness (QED) is 0.501. The number of rotatable bonds is 8. The molecule has 1 aromatic carbocycles. The van der Waals surface area contributed by atoms with Crippen molar-refractivity contribution in [3.63, 3.8) is 0 Å². The van der Waals surface area contributed by atoms with E-state index in [0.717, 1.165) is 6.07 Å². The lowest BCUT2D eigenvalue weighted by atomic mass is 9.60. The fraction of sp³-hybridized carbons (Fsp3) is 0.529. The highest BCUT2D eigenvalue weighted by Gasteiger charge is 2.57. The lowest BCUT2D eigenvalue weighted by Crippen LogP contribution is -2.70. The molecule has 0 aromatic heterocycles. The second-order valence-corrected chi connectivity index (χ2v) is 8.98. The number of amides is 2. The minimum atomic E-state index is -4.28. The minimum Gasteiger partial charge on any atom is -0.484 e. The molecule has 29 heavy (non-hydrogen) atoms. The maximum absolute atomic E-state index is 13.5. The van der Waals surface area contributed by atoms with E-state index in [4.69, 9.17) is 25.7 Å². The number of nitrogens with two attached hydrogens (primary N) is 1. The van der Waals surface area contributed by atoms with Gasteiger partial charge in [-0.05, 0) is 37.8 Å². The van der Waals surface area contributed by atoms with Crippen LogP contribution < -0.4 is 20.5 Å². The number of fused-ring (bicyclic) bond motifs is 3. The first-order valence-electron chi connectivity index (χ1n) is 8.88. The predicted octanol–water partition coefficient (Wildman–Crippen LogP) is 0.764. The van der Waals surface area contributed by atoms with Crippen molar-refractivity contribution < 1.29 is 31.3 Å². The van der Waals surface area contributed by atoms with Gasteiger partial charge in [-0.3, -0.25) is 13.8 Å². The fourth-order valence-corrected chi connectivity index (χ4v) is 4.80. The van der Waals surface area contributed by atoms with Crippen molar-refractivity contribution in [2.24, 2.45) is 5.14 Å². The fourth-order valence-electron chi connectivity index (χ4n) is 4.10. The van der Waals surface area contributed by atoms with E-state index in [1.54, 1.807) is 0 Å². The number of ether oxygens (including phenoxy) is 1. The Morgan fingerprint density at radius 3 is 2.62 bits per heavy atom. The maximum Gasteiger partial charge on any atom is 0.333 e. The molecule has 0 spiro atoms. The molecule has 4 N–H and O–H groups in total. The van der Waals surface area contributed by atoms with Gasteiger partial charge in [-0.1, -0.05) is 11.6 Å². The minimum absolute atomic E-state index is 0.0690. The number of nitrogens with one attached hydrogen (secondary N) is 2. The summed E-state index contributed by atoms with van der Waals surface area (Å²) in [5, 5.41) is 10.5. The zero-order valence-corrected chi connectivity index (χ0v) is 16.9. The molecule has 1 atom stereocenters. The van der Waals surface area contributed by atoms with Gasteiger partial charge in [0.2, 0.25) is 6.41 Å². The van der Waals surface area contributed by atoms with Gasteiger partial charge < -0.3 is 15.4 Å². The van der Waals surface area contributed by atoms with Crippen molar-refractivity contribution in [3.8, 4) is 5.75 Å². The van der Waals surface area contributed by atoms with E-state index in [9.17, 15) is 22.4 Å². The van der Waals surface area contributed by atoms with Crippen LogP contribution >= 0.6 is 11.6 Å². The molecule has 160 valence electrons. The van der Waals surface area contributed by atoms with Crippen LogP contribution in [0.25, 0.3) is 0 Å². The van der Waals surface area contributed by atoms with Crippen LogP contribution in [0, 0.1) is 5.82 Å². The Morgan fingerprint density at radius 2 is 2.03 bits per heavy atom. The monoisotopic (exact) mass is 449 g/mol. The van der Waals surface area contributed by atoms with Crippen molar-refractivity contribution in [1.29, 1.82) is 0 Å². The number of carbonyl (C=O) groups excluding carboxylic acids is 2. The third-order valence-corrected chi connectivity index (χ3v) is 6.36. The molecular weight excluding hydrogens is 429 g/mol. The normalized spacial score (nSPS) is 28.6. The van der Waals surface area contributed by atoms with Gasteiger partial charge in [0.05, 0.1) is 10.6 Å². The van der Waals surface area contributed by atoms with Gasteiger partial charge in [-0.2, -0.15) is 8.42 Å². The van der Waals surface area contributed by atoms with E-state index in [1.807, 2.05) is 0 Å². The van der Waals surface area contributed by atoms with Gasteiger partial charge in [0.25, 0.3) is 5.91 Å². The maximum atomic E-state index is 13.5. The predicted molar refractivity (Wildman–Crippen MR) is 101 cm³/mol. The average molecular weight is 450 g/mol. The Kier molecular flexibility index (Phi) is 6.04. The number of hydrogen-bond donors (Lipinski definition) is 3. The largest absolute Gasteiger partial charge is 0.484 e. The van der Waals surface area contributed by atoms with E-state index in [1.165, 1.54) is 12.1 Å². The highest BCUT2D eigenvalue weighted by atomic mass is 35.5. The van der Waals surface area contributed by atoms with Gasteiger partial charge in [0, 0.05) is 18.0 Å². The molecule has 9 nitrogen and oxygen atoms in total. The molecule has 0 aliphatic heterocycles. The molecule has 3 aliphatic carbocycles. The molecule has 2 amide bonds. The summed E-state index contributed by atoms with van der Waals surface area (Å²) in [4.78, 5) is 23.4. The summed E-state index contributed by atoms with van der Waals surface area (Å²) in [6, 6.07) is 3.78.